The molecular weight excluding hydrogens is 520 g/mol. The van der Waals surface area contributed by atoms with Crippen LogP contribution in [0.25, 0.3) is 0 Å². The molecule has 13 heteroatoms. The van der Waals surface area contributed by atoms with E-state index >= 15 is 0 Å². The van der Waals surface area contributed by atoms with Crippen molar-refractivity contribution in [3.8, 4) is 0 Å². The number of hydrogen-bond donors (Lipinski definition) is 0. The van der Waals surface area contributed by atoms with Gasteiger partial charge in [-0.3, -0.25) is 24.0 Å². The molecule has 1 aliphatic heterocycles. The lowest BCUT2D eigenvalue weighted by molar-refractivity contribution is -0.344. The maximum atomic E-state index is 12.3. The average molecular weight is 555 g/mol. The second kappa shape index (κ2) is 15.1. The van der Waals surface area contributed by atoms with Crippen LogP contribution >= 0.6 is 0 Å². The van der Waals surface area contributed by atoms with Crippen molar-refractivity contribution in [2.45, 2.75) is 71.4 Å². The first-order valence-corrected chi connectivity index (χ1v) is 12.1. The summed E-state index contributed by atoms with van der Waals surface area (Å²) in [5.41, 5.74) is -1.17. The summed E-state index contributed by atoms with van der Waals surface area (Å²) in [6, 6.07) is 9.42. The monoisotopic (exact) mass is 554 g/mol. The molecule has 1 unspecified atom stereocenters. The zero-order chi connectivity index (χ0) is 29.0. The minimum atomic E-state index is -2.12. The second-order valence-electron chi connectivity index (χ2n) is 8.66. The van der Waals surface area contributed by atoms with Crippen LogP contribution in [0.2, 0.25) is 0 Å². The minimum absolute atomic E-state index is 0.00939. The van der Waals surface area contributed by atoms with Crippen molar-refractivity contribution in [1.29, 1.82) is 0 Å². The first-order chi connectivity index (χ1) is 18.4. The van der Waals surface area contributed by atoms with Gasteiger partial charge in [0.15, 0.2) is 12.2 Å². The van der Waals surface area contributed by atoms with Crippen molar-refractivity contribution in [3.63, 3.8) is 0 Å². The Morgan fingerprint density at radius 2 is 1.38 bits per heavy atom. The molecule has 1 aromatic carbocycles. The number of hydrogen-bond acceptors (Lipinski definition) is 13. The predicted octanol–water partition coefficient (Wildman–Crippen LogP) is 1.24. The van der Waals surface area contributed by atoms with E-state index in [2.05, 4.69) is 0 Å². The number of esters is 5. The molecule has 0 spiro atoms. The van der Waals surface area contributed by atoms with Crippen LogP contribution in [-0.2, 0) is 68.5 Å². The molecule has 1 aliphatic rings. The minimum Gasteiger partial charge on any atom is -0.463 e. The van der Waals surface area contributed by atoms with Gasteiger partial charge in [0.1, 0.15) is 12.7 Å². The molecule has 1 aromatic rings. The van der Waals surface area contributed by atoms with Crippen LogP contribution in [0.5, 0.6) is 0 Å². The van der Waals surface area contributed by atoms with Gasteiger partial charge in [-0.1, -0.05) is 30.3 Å². The molecule has 0 amide bonds. The van der Waals surface area contributed by atoms with E-state index in [0.29, 0.717) is 6.61 Å². The van der Waals surface area contributed by atoms with E-state index in [0.717, 1.165) is 40.2 Å². The highest BCUT2D eigenvalue weighted by Gasteiger charge is 2.64. The maximum absolute atomic E-state index is 12.3. The van der Waals surface area contributed by atoms with Gasteiger partial charge in [0.05, 0.1) is 26.4 Å². The summed E-state index contributed by atoms with van der Waals surface area (Å²) < 4.78 is 44.0. The van der Waals surface area contributed by atoms with Gasteiger partial charge in [-0.25, -0.2) is 0 Å². The molecule has 0 bridgehead atoms. The fourth-order valence-electron chi connectivity index (χ4n) is 3.91. The van der Waals surface area contributed by atoms with Crippen LogP contribution in [0.3, 0.4) is 0 Å². The average Bonchev–Trinajstić information content (AvgIpc) is 2.83. The first-order valence-electron chi connectivity index (χ1n) is 12.1. The van der Waals surface area contributed by atoms with E-state index in [9.17, 15) is 24.0 Å². The Bertz CT molecular complexity index is 995. The fraction of sp³-hybridized carbons (Fsp3) is 0.577. The highest BCUT2D eigenvalue weighted by atomic mass is 16.8. The lowest BCUT2D eigenvalue weighted by Crippen LogP contribution is -2.72. The smallest absolute Gasteiger partial charge is 0.305 e. The van der Waals surface area contributed by atoms with E-state index in [1.54, 1.807) is 0 Å². The number of carbonyl (C=O) groups is 5. The van der Waals surface area contributed by atoms with Crippen LogP contribution in [0.15, 0.2) is 30.3 Å². The summed E-state index contributed by atoms with van der Waals surface area (Å²) in [6.07, 6.45) is -6.02. The number of benzene rings is 1. The van der Waals surface area contributed by atoms with Gasteiger partial charge in [-0.15, -0.1) is 0 Å². The van der Waals surface area contributed by atoms with Crippen molar-refractivity contribution in [3.05, 3.63) is 35.9 Å². The van der Waals surface area contributed by atoms with Gasteiger partial charge in [0.25, 0.3) is 0 Å². The van der Waals surface area contributed by atoms with E-state index in [1.165, 1.54) is 0 Å². The van der Waals surface area contributed by atoms with Crippen molar-refractivity contribution < 1.29 is 61.9 Å². The Morgan fingerprint density at radius 3 is 1.95 bits per heavy atom. The van der Waals surface area contributed by atoms with Crippen LogP contribution < -0.4 is 0 Å². The molecule has 0 aromatic heterocycles. The van der Waals surface area contributed by atoms with E-state index in [1.807, 2.05) is 30.3 Å². The summed E-state index contributed by atoms with van der Waals surface area (Å²) in [4.78, 5) is 59.9. The van der Waals surface area contributed by atoms with E-state index < -0.39 is 73.3 Å². The summed E-state index contributed by atoms with van der Waals surface area (Å²) in [5, 5.41) is 0. The topological polar surface area (TPSA) is 159 Å². The molecule has 13 nitrogen and oxygen atoms in total. The number of carbonyl (C=O) groups excluding carboxylic acids is 5. The summed E-state index contributed by atoms with van der Waals surface area (Å²) >= 11 is 0. The number of rotatable bonds is 13. The van der Waals surface area contributed by atoms with Crippen LogP contribution in [0, 0.1) is 0 Å². The Kier molecular flexibility index (Phi) is 12.3. The van der Waals surface area contributed by atoms with Gasteiger partial charge >= 0.3 is 29.8 Å². The largest absolute Gasteiger partial charge is 0.463 e. The van der Waals surface area contributed by atoms with Crippen LogP contribution in [0.1, 0.15) is 40.2 Å². The van der Waals surface area contributed by atoms with Gasteiger partial charge in [0, 0.05) is 34.6 Å². The number of ether oxygens (including phenoxy) is 8. The van der Waals surface area contributed by atoms with Gasteiger partial charge in [-0.05, 0) is 5.56 Å². The van der Waals surface area contributed by atoms with Crippen LogP contribution in [0.4, 0.5) is 0 Å². The highest BCUT2D eigenvalue weighted by Crippen LogP contribution is 2.38. The van der Waals surface area contributed by atoms with Crippen molar-refractivity contribution in [1.82, 2.24) is 0 Å². The SMILES string of the molecule is CC(=O)OC[C@H]1OC(OC(C)=O)[C@@](COCCOCc2ccccc2)(OC(C)=O)[C@@H](OC(C)=O)[C@@H]1OC(C)=O. The van der Waals surface area contributed by atoms with Gasteiger partial charge < -0.3 is 37.9 Å². The molecule has 1 saturated heterocycles. The molecule has 0 radical (unpaired) electrons. The van der Waals surface area contributed by atoms with Crippen molar-refractivity contribution >= 4 is 29.8 Å². The maximum Gasteiger partial charge on any atom is 0.305 e. The molecule has 1 fully saturated rings. The molecule has 216 valence electrons. The molecular formula is C26H34O13. The highest BCUT2D eigenvalue weighted by molar-refractivity contribution is 5.70. The summed E-state index contributed by atoms with van der Waals surface area (Å²) in [5.74, 6) is -4.01. The van der Waals surface area contributed by atoms with E-state index in [-0.39, 0.29) is 13.2 Å². The van der Waals surface area contributed by atoms with E-state index in [4.69, 9.17) is 37.9 Å². The Balaban J connectivity index is 2.37. The molecule has 0 saturated carbocycles. The molecule has 5 atom stereocenters. The van der Waals surface area contributed by atoms with Crippen molar-refractivity contribution in [2.24, 2.45) is 0 Å². The third-order valence-corrected chi connectivity index (χ3v) is 5.31. The Morgan fingerprint density at radius 1 is 0.769 bits per heavy atom. The molecule has 0 aliphatic carbocycles. The predicted molar refractivity (Wildman–Crippen MR) is 130 cm³/mol. The fourth-order valence-corrected chi connectivity index (χ4v) is 3.91. The van der Waals surface area contributed by atoms with Crippen molar-refractivity contribution in [2.75, 3.05) is 26.4 Å². The standard InChI is InChI=1S/C26H34O13/c1-16(27)34-14-22-23(35-17(2)28)24(36-18(3)29)26(39-20(5)31,25(38-22)37-19(4)30)15-33-12-11-32-13-21-9-7-6-8-10-21/h6-10,22-25H,11-15H2,1-5H3/t22-,23-,24+,25?,26+/m1/s1. The Labute approximate surface area is 225 Å². The van der Waals surface area contributed by atoms with Gasteiger partial charge in [-0.2, -0.15) is 0 Å². The zero-order valence-corrected chi connectivity index (χ0v) is 22.5. The third-order valence-electron chi connectivity index (χ3n) is 5.31. The summed E-state index contributed by atoms with van der Waals surface area (Å²) in [6.45, 7) is 4.94. The quantitative estimate of drug-likeness (QED) is 0.195. The molecule has 39 heavy (non-hydrogen) atoms. The molecule has 0 N–H and O–H groups in total. The lowest BCUT2D eigenvalue weighted by atomic mass is 9.86. The molecule has 2 rings (SSSR count). The second-order valence-corrected chi connectivity index (χ2v) is 8.66. The molecule has 1 heterocycles. The third kappa shape index (κ3) is 9.93. The van der Waals surface area contributed by atoms with Gasteiger partial charge in [0.2, 0.25) is 11.9 Å². The Hall–Kier alpha value is -3.55. The first kappa shape index (κ1) is 31.7. The zero-order valence-electron chi connectivity index (χ0n) is 22.5. The normalized spacial score (nSPS) is 24.2. The lowest BCUT2D eigenvalue weighted by Gasteiger charge is -2.50. The van der Waals surface area contributed by atoms with Crippen LogP contribution in [-0.4, -0.2) is 86.5 Å². The summed E-state index contributed by atoms with van der Waals surface area (Å²) in [7, 11) is 0.